The van der Waals surface area contributed by atoms with E-state index in [2.05, 4.69) is 10.3 Å². The topological polar surface area (TPSA) is 88.5 Å². The molecule has 0 radical (unpaired) electrons. The Bertz CT molecular complexity index is 512. The molecule has 6 nitrogen and oxygen atoms in total. The number of amides is 1. The van der Waals surface area contributed by atoms with Crippen molar-refractivity contribution in [3.8, 4) is 0 Å². The van der Waals surface area contributed by atoms with Gasteiger partial charge in [0.2, 0.25) is 5.91 Å². The van der Waals surface area contributed by atoms with Crippen LogP contribution in [0.25, 0.3) is 6.08 Å². The monoisotopic (exact) mass is 282 g/mol. The van der Waals surface area contributed by atoms with E-state index in [0.717, 1.165) is 6.08 Å². The van der Waals surface area contributed by atoms with Gasteiger partial charge in [0.1, 0.15) is 0 Å². The Balaban J connectivity index is 1.96. The fourth-order valence-corrected chi connectivity index (χ4v) is 2.57. The van der Waals surface area contributed by atoms with Gasteiger partial charge in [0.25, 0.3) is 0 Å². The average molecular weight is 282 g/mol. The molecule has 7 heteroatoms. The number of nitrogens with zero attached hydrogens (tertiary/aromatic N) is 1. The number of carbonyl (C=O) groups is 2. The Kier molecular flexibility index (Phi) is 4.28. The van der Waals surface area contributed by atoms with Crippen LogP contribution in [0.2, 0.25) is 0 Å². The molecule has 2 rings (SSSR count). The summed E-state index contributed by atoms with van der Waals surface area (Å²) in [5.41, 5.74) is 0. The molecule has 2 N–H and O–H groups in total. The normalized spacial score (nSPS) is 22.8. The predicted molar refractivity (Wildman–Crippen MR) is 70.9 cm³/mol. The molecular formula is C12H14N2O4S. The fraction of sp³-hybridized carbons (Fsp3) is 0.417. The first-order valence-corrected chi connectivity index (χ1v) is 6.67. The summed E-state index contributed by atoms with van der Waals surface area (Å²) in [6.07, 6.45) is 4.63. The summed E-state index contributed by atoms with van der Waals surface area (Å²) >= 11 is 1.23. The number of thiazole rings is 1. The first kappa shape index (κ1) is 13.7. The van der Waals surface area contributed by atoms with Gasteiger partial charge in [-0.1, -0.05) is 11.3 Å². The number of carboxylic acid groups (broad SMARTS) is 1. The predicted octanol–water partition coefficient (Wildman–Crippen LogP) is 1.60. The molecule has 1 aliphatic rings. The van der Waals surface area contributed by atoms with Crippen molar-refractivity contribution in [1.82, 2.24) is 4.98 Å². The Morgan fingerprint density at radius 3 is 3.05 bits per heavy atom. The third kappa shape index (κ3) is 3.62. The molecule has 1 amide bonds. The van der Waals surface area contributed by atoms with E-state index in [1.54, 1.807) is 0 Å². The average Bonchev–Trinajstić information content (AvgIpc) is 2.95. The maximum atomic E-state index is 12.0. The van der Waals surface area contributed by atoms with Gasteiger partial charge in [0, 0.05) is 23.8 Å². The van der Waals surface area contributed by atoms with E-state index in [1.807, 2.05) is 6.92 Å². The highest BCUT2D eigenvalue weighted by Crippen LogP contribution is 2.24. The Hall–Kier alpha value is -1.73. The molecule has 0 aromatic carbocycles. The van der Waals surface area contributed by atoms with Gasteiger partial charge in [0.15, 0.2) is 5.13 Å². The number of carbonyl (C=O) groups excluding carboxylic acids is 1. The molecule has 0 bridgehead atoms. The van der Waals surface area contributed by atoms with E-state index >= 15 is 0 Å². The molecule has 1 fully saturated rings. The highest BCUT2D eigenvalue weighted by molar-refractivity contribution is 7.16. The van der Waals surface area contributed by atoms with Crippen molar-refractivity contribution in [2.75, 3.05) is 11.9 Å². The second-order valence-electron chi connectivity index (χ2n) is 4.20. The number of anilines is 1. The lowest BCUT2D eigenvalue weighted by Crippen LogP contribution is -2.27. The van der Waals surface area contributed by atoms with E-state index < -0.39 is 5.97 Å². The number of ether oxygens (including phenoxy) is 1. The van der Waals surface area contributed by atoms with Crippen LogP contribution in [0.3, 0.4) is 0 Å². The van der Waals surface area contributed by atoms with Crippen LogP contribution in [0.5, 0.6) is 0 Å². The smallest absolute Gasteiger partial charge is 0.328 e. The van der Waals surface area contributed by atoms with Crippen molar-refractivity contribution < 1.29 is 19.4 Å². The van der Waals surface area contributed by atoms with Crippen LogP contribution in [0, 0.1) is 5.92 Å². The van der Waals surface area contributed by atoms with Gasteiger partial charge >= 0.3 is 5.97 Å². The molecule has 2 heterocycles. The Labute approximate surface area is 114 Å². The van der Waals surface area contributed by atoms with Crippen LogP contribution in [0.15, 0.2) is 12.3 Å². The quantitative estimate of drug-likeness (QED) is 0.819. The minimum absolute atomic E-state index is 0.0775. The largest absolute Gasteiger partial charge is 0.478 e. The number of aliphatic carboxylic acids is 1. The zero-order valence-corrected chi connectivity index (χ0v) is 11.1. The number of hydrogen-bond donors (Lipinski definition) is 2. The van der Waals surface area contributed by atoms with E-state index in [1.165, 1.54) is 23.6 Å². The lowest BCUT2D eigenvalue weighted by molar-refractivity contribution is -0.131. The van der Waals surface area contributed by atoms with Crippen molar-refractivity contribution in [3.63, 3.8) is 0 Å². The molecule has 19 heavy (non-hydrogen) atoms. The van der Waals surface area contributed by atoms with Crippen LogP contribution in [-0.2, 0) is 14.3 Å². The summed E-state index contributed by atoms with van der Waals surface area (Å²) in [6.45, 7) is 2.48. The second-order valence-corrected chi connectivity index (χ2v) is 5.26. The SMILES string of the molecule is CC1OCCC1C(=O)Nc1ncc(C=CC(=O)O)s1. The standard InChI is InChI=1S/C12H14N2O4S/c1-7-9(4-5-18-7)11(17)14-12-13-6-8(19-12)2-3-10(15)16/h2-3,6-7,9H,4-5H2,1H3,(H,15,16)(H,13,14,17). The molecule has 1 aliphatic heterocycles. The number of carboxylic acids is 1. The second kappa shape index (κ2) is 5.94. The lowest BCUT2D eigenvalue weighted by atomic mass is 10.0. The minimum Gasteiger partial charge on any atom is -0.478 e. The molecule has 102 valence electrons. The van der Waals surface area contributed by atoms with Crippen molar-refractivity contribution in [1.29, 1.82) is 0 Å². The lowest BCUT2D eigenvalue weighted by Gasteiger charge is -2.12. The van der Waals surface area contributed by atoms with E-state index in [-0.39, 0.29) is 17.9 Å². The fourth-order valence-electron chi connectivity index (χ4n) is 1.85. The first-order chi connectivity index (χ1) is 9.06. The van der Waals surface area contributed by atoms with Crippen molar-refractivity contribution in [3.05, 3.63) is 17.2 Å². The van der Waals surface area contributed by atoms with Gasteiger partial charge in [-0.05, 0) is 19.4 Å². The zero-order valence-electron chi connectivity index (χ0n) is 10.3. The Morgan fingerprint density at radius 1 is 1.63 bits per heavy atom. The van der Waals surface area contributed by atoms with Gasteiger partial charge in [0.05, 0.1) is 12.0 Å². The molecule has 1 saturated heterocycles. The highest BCUT2D eigenvalue weighted by Gasteiger charge is 2.31. The van der Waals surface area contributed by atoms with Gasteiger partial charge in [-0.25, -0.2) is 9.78 Å². The molecule has 0 aliphatic carbocycles. The molecular weight excluding hydrogens is 268 g/mol. The van der Waals surface area contributed by atoms with Gasteiger partial charge < -0.3 is 15.2 Å². The maximum absolute atomic E-state index is 12.0. The summed E-state index contributed by atoms with van der Waals surface area (Å²) < 4.78 is 5.34. The summed E-state index contributed by atoms with van der Waals surface area (Å²) in [4.78, 5) is 27.1. The summed E-state index contributed by atoms with van der Waals surface area (Å²) in [7, 11) is 0. The minimum atomic E-state index is -1.02. The highest BCUT2D eigenvalue weighted by atomic mass is 32.1. The zero-order chi connectivity index (χ0) is 13.8. The van der Waals surface area contributed by atoms with E-state index in [9.17, 15) is 9.59 Å². The summed E-state index contributed by atoms with van der Waals surface area (Å²) in [5, 5.41) is 11.7. The molecule has 2 unspecified atom stereocenters. The molecule has 0 saturated carbocycles. The van der Waals surface area contributed by atoms with Crippen LogP contribution in [0.1, 0.15) is 18.2 Å². The maximum Gasteiger partial charge on any atom is 0.328 e. The summed E-state index contributed by atoms with van der Waals surface area (Å²) in [6, 6.07) is 0. The van der Waals surface area contributed by atoms with Crippen molar-refractivity contribution in [2.24, 2.45) is 5.92 Å². The number of rotatable bonds is 4. The molecule has 1 aromatic heterocycles. The third-order valence-corrected chi connectivity index (χ3v) is 3.73. The number of nitrogens with one attached hydrogen (secondary N) is 1. The number of aromatic nitrogens is 1. The number of hydrogen-bond acceptors (Lipinski definition) is 5. The molecule has 1 aromatic rings. The van der Waals surface area contributed by atoms with Crippen LogP contribution in [0.4, 0.5) is 5.13 Å². The van der Waals surface area contributed by atoms with Gasteiger partial charge in [-0.3, -0.25) is 4.79 Å². The van der Waals surface area contributed by atoms with E-state index in [0.29, 0.717) is 23.0 Å². The molecule has 2 atom stereocenters. The Morgan fingerprint density at radius 2 is 2.42 bits per heavy atom. The first-order valence-electron chi connectivity index (χ1n) is 5.85. The van der Waals surface area contributed by atoms with Crippen molar-refractivity contribution >= 4 is 34.4 Å². The summed E-state index contributed by atoms with van der Waals surface area (Å²) in [5.74, 6) is -1.27. The van der Waals surface area contributed by atoms with Crippen molar-refractivity contribution in [2.45, 2.75) is 19.4 Å². The van der Waals surface area contributed by atoms with E-state index in [4.69, 9.17) is 9.84 Å². The van der Waals surface area contributed by atoms with Gasteiger partial charge in [-0.15, -0.1) is 0 Å². The molecule has 0 spiro atoms. The van der Waals surface area contributed by atoms with Crippen LogP contribution >= 0.6 is 11.3 Å². The van der Waals surface area contributed by atoms with Crippen LogP contribution < -0.4 is 5.32 Å². The van der Waals surface area contributed by atoms with Gasteiger partial charge in [-0.2, -0.15) is 0 Å². The van der Waals surface area contributed by atoms with Crippen LogP contribution in [-0.4, -0.2) is 34.7 Å². The third-order valence-electron chi connectivity index (χ3n) is 2.86.